The molecule has 2 aromatic carbocycles. The zero-order valence-corrected chi connectivity index (χ0v) is 19.6. The zero-order valence-electron chi connectivity index (χ0n) is 18.8. The van der Waals surface area contributed by atoms with Crippen LogP contribution in [0.2, 0.25) is 0 Å². The second-order valence-corrected chi connectivity index (χ2v) is 10.1. The van der Waals surface area contributed by atoms with E-state index >= 15 is 0 Å². The van der Waals surface area contributed by atoms with Crippen LogP contribution in [0.15, 0.2) is 52.4 Å². The summed E-state index contributed by atoms with van der Waals surface area (Å²) in [6.07, 6.45) is -4.64. The van der Waals surface area contributed by atoms with Crippen molar-refractivity contribution in [3.05, 3.63) is 64.7 Å². The summed E-state index contributed by atoms with van der Waals surface area (Å²) in [4.78, 5) is 28.1. The monoisotopic (exact) mass is 550 g/mol. The molecule has 1 aliphatic rings. The SMILES string of the molecule is NC(N)=NC(=O)c1ccc(C2CCN(C(=O)c3cccc(S(=O)(=O)C(F)(F)F)c3)CC2)c(C(F)(F)F)c1. The first-order valence-electron chi connectivity index (χ1n) is 10.6. The number of nitrogens with zero attached hydrogens (tertiary/aromatic N) is 2. The van der Waals surface area contributed by atoms with Crippen molar-refractivity contribution < 1.29 is 44.3 Å². The summed E-state index contributed by atoms with van der Waals surface area (Å²) in [5.41, 5.74) is 2.83. The number of rotatable bonds is 4. The van der Waals surface area contributed by atoms with Crippen LogP contribution in [-0.4, -0.2) is 49.7 Å². The van der Waals surface area contributed by atoms with E-state index in [1.54, 1.807) is 0 Å². The quantitative estimate of drug-likeness (QED) is 0.340. The third kappa shape index (κ3) is 6.03. The maximum atomic E-state index is 13.8. The smallest absolute Gasteiger partial charge is 0.370 e. The highest BCUT2D eigenvalue weighted by Crippen LogP contribution is 2.40. The van der Waals surface area contributed by atoms with Gasteiger partial charge in [-0.05, 0) is 54.7 Å². The number of piperidine rings is 1. The number of carbonyl (C=O) groups is 2. The minimum atomic E-state index is -5.67. The number of carbonyl (C=O) groups excluding carboxylic acids is 2. The third-order valence-corrected chi connectivity index (χ3v) is 7.24. The Bertz CT molecular complexity index is 1340. The van der Waals surface area contributed by atoms with Crippen molar-refractivity contribution in [2.24, 2.45) is 16.5 Å². The molecule has 0 aliphatic carbocycles. The van der Waals surface area contributed by atoms with Crippen molar-refractivity contribution >= 4 is 27.6 Å². The van der Waals surface area contributed by atoms with Gasteiger partial charge in [0.25, 0.3) is 21.7 Å². The van der Waals surface area contributed by atoms with E-state index in [1.165, 1.54) is 4.90 Å². The summed E-state index contributed by atoms with van der Waals surface area (Å²) < 4.78 is 103. The number of guanidine groups is 1. The van der Waals surface area contributed by atoms with Crippen molar-refractivity contribution in [2.75, 3.05) is 13.1 Å². The first-order valence-corrected chi connectivity index (χ1v) is 12.1. The lowest BCUT2D eigenvalue weighted by Crippen LogP contribution is -2.38. The number of amides is 2. The van der Waals surface area contributed by atoms with E-state index in [9.17, 15) is 44.3 Å². The fourth-order valence-electron chi connectivity index (χ4n) is 3.98. The number of aliphatic imine (C=N–C) groups is 1. The van der Waals surface area contributed by atoms with Crippen LogP contribution in [0.25, 0.3) is 0 Å². The van der Waals surface area contributed by atoms with E-state index in [0.717, 1.165) is 24.3 Å². The average Bonchev–Trinajstić information content (AvgIpc) is 2.81. The largest absolute Gasteiger partial charge is 0.501 e. The number of hydrogen-bond acceptors (Lipinski definition) is 4. The second-order valence-electron chi connectivity index (χ2n) is 8.19. The molecule has 8 nitrogen and oxygen atoms in total. The number of likely N-dealkylation sites (tertiary alicyclic amines) is 1. The number of halogens is 6. The molecule has 3 rings (SSSR count). The van der Waals surface area contributed by atoms with Crippen LogP contribution in [0, 0.1) is 0 Å². The van der Waals surface area contributed by atoms with E-state index in [1.807, 2.05) is 0 Å². The molecule has 15 heteroatoms. The standard InChI is InChI=1S/C22H20F6N4O4S/c23-21(24,25)17-11-13(18(33)31-20(29)30)4-5-16(17)12-6-8-32(9-7-12)19(34)14-2-1-3-15(10-14)37(35,36)22(26,27)28/h1-5,10-12H,6-9H2,(H4,29,30,31,33). The molecule has 0 radical (unpaired) electrons. The molecule has 2 aromatic rings. The van der Waals surface area contributed by atoms with E-state index in [-0.39, 0.29) is 42.6 Å². The second kappa shape index (κ2) is 10.0. The summed E-state index contributed by atoms with van der Waals surface area (Å²) in [6, 6.07) is 6.43. The van der Waals surface area contributed by atoms with E-state index in [2.05, 4.69) is 4.99 Å². The first kappa shape index (κ1) is 28.0. The Morgan fingerprint density at radius 3 is 2.08 bits per heavy atom. The molecule has 1 fully saturated rings. The molecular weight excluding hydrogens is 530 g/mol. The highest BCUT2D eigenvalue weighted by molar-refractivity contribution is 7.92. The van der Waals surface area contributed by atoms with Crippen molar-refractivity contribution in [1.29, 1.82) is 0 Å². The number of hydrogen-bond donors (Lipinski definition) is 2. The number of benzene rings is 2. The molecule has 0 unspecified atom stereocenters. The minimum absolute atomic E-state index is 0.0360. The third-order valence-electron chi connectivity index (χ3n) is 5.75. The van der Waals surface area contributed by atoms with Crippen molar-refractivity contribution in [2.45, 2.75) is 35.3 Å². The predicted octanol–water partition coefficient (Wildman–Crippen LogP) is 3.43. The van der Waals surface area contributed by atoms with E-state index < -0.39 is 55.7 Å². The van der Waals surface area contributed by atoms with Crippen LogP contribution in [-0.2, 0) is 16.0 Å². The lowest BCUT2D eigenvalue weighted by atomic mass is 9.85. The van der Waals surface area contributed by atoms with E-state index in [0.29, 0.717) is 18.2 Å². The van der Waals surface area contributed by atoms with Gasteiger partial charge in [0, 0.05) is 24.2 Å². The molecule has 0 aromatic heterocycles. The van der Waals surface area contributed by atoms with Gasteiger partial charge in [0.2, 0.25) is 0 Å². The zero-order chi connectivity index (χ0) is 27.8. The molecule has 37 heavy (non-hydrogen) atoms. The molecule has 0 atom stereocenters. The van der Waals surface area contributed by atoms with Gasteiger partial charge in [0.15, 0.2) is 5.96 Å². The van der Waals surface area contributed by atoms with E-state index in [4.69, 9.17) is 11.5 Å². The number of nitrogens with two attached hydrogens (primary N) is 2. The summed E-state index contributed by atoms with van der Waals surface area (Å²) in [5.74, 6) is -3.06. The minimum Gasteiger partial charge on any atom is -0.370 e. The molecule has 0 spiro atoms. The van der Waals surface area contributed by atoms with Gasteiger partial charge < -0.3 is 16.4 Å². The van der Waals surface area contributed by atoms with Gasteiger partial charge in [-0.1, -0.05) is 12.1 Å². The topological polar surface area (TPSA) is 136 Å². The van der Waals surface area contributed by atoms with Crippen LogP contribution in [0.1, 0.15) is 50.6 Å². The van der Waals surface area contributed by atoms with Gasteiger partial charge in [0.05, 0.1) is 10.5 Å². The Balaban J connectivity index is 1.81. The Hall–Kier alpha value is -3.62. The van der Waals surface area contributed by atoms with Gasteiger partial charge in [0.1, 0.15) is 0 Å². The number of sulfone groups is 1. The van der Waals surface area contributed by atoms with Crippen LogP contribution in [0.4, 0.5) is 26.3 Å². The van der Waals surface area contributed by atoms with Gasteiger partial charge in [-0.25, -0.2) is 8.42 Å². The average molecular weight is 550 g/mol. The Morgan fingerprint density at radius 2 is 1.54 bits per heavy atom. The molecule has 1 heterocycles. The molecule has 2 amide bonds. The van der Waals surface area contributed by atoms with Crippen molar-refractivity contribution in [3.63, 3.8) is 0 Å². The summed E-state index contributed by atoms with van der Waals surface area (Å²) in [5, 5.41) is 0. The molecule has 1 saturated heterocycles. The van der Waals surface area contributed by atoms with Gasteiger partial charge in [-0.2, -0.15) is 31.3 Å². The van der Waals surface area contributed by atoms with Crippen LogP contribution < -0.4 is 11.5 Å². The van der Waals surface area contributed by atoms with Crippen LogP contribution in [0.3, 0.4) is 0 Å². The first-order chi connectivity index (χ1) is 17.0. The lowest BCUT2D eigenvalue weighted by molar-refractivity contribution is -0.138. The van der Waals surface area contributed by atoms with Gasteiger partial charge in [-0.15, -0.1) is 0 Å². The van der Waals surface area contributed by atoms with Gasteiger partial charge in [-0.3, -0.25) is 9.59 Å². The fourth-order valence-corrected chi connectivity index (χ4v) is 4.79. The summed E-state index contributed by atoms with van der Waals surface area (Å²) in [6.45, 7) is -0.0720. The Labute approximate surface area is 206 Å². The summed E-state index contributed by atoms with van der Waals surface area (Å²) >= 11 is 0. The molecule has 1 aliphatic heterocycles. The van der Waals surface area contributed by atoms with Crippen LogP contribution in [0.5, 0.6) is 0 Å². The maximum absolute atomic E-state index is 13.8. The normalized spacial score (nSPS) is 15.4. The number of alkyl halides is 6. The van der Waals surface area contributed by atoms with Crippen LogP contribution >= 0.6 is 0 Å². The maximum Gasteiger partial charge on any atom is 0.501 e. The van der Waals surface area contributed by atoms with Crippen molar-refractivity contribution in [1.82, 2.24) is 4.90 Å². The molecule has 4 N–H and O–H groups in total. The molecular formula is C22H20F6N4O4S. The fraction of sp³-hybridized carbons (Fsp3) is 0.318. The molecule has 200 valence electrons. The highest BCUT2D eigenvalue weighted by Gasteiger charge is 2.47. The van der Waals surface area contributed by atoms with Gasteiger partial charge >= 0.3 is 11.7 Å². The lowest BCUT2D eigenvalue weighted by Gasteiger charge is -2.33. The predicted molar refractivity (Wildman–Crippen MR) is 119 cm³/mol. The Morgan fingerprint density at radius 1 is 0.919 bits per heavy atom. The van der Waals surface area contributed by atoms with Crippen molar-refractivity contribution in [3.8, 4) is 0 Å². The molecule has 0 saturated carbocycles. The Kier molecular flexibility index (Phi) is 7.58. The molecule has 0 bridgehead atoms. The summed E-state index contributed by atoms with van der Waals surface area (Å²) in [7, 11) is -5.67. The highest BCUT2D eigenvalue weighted by atomic mass is 32.2.